The topological polar surface area (TPSA) is 20.2 Å². The fraction of sp³-hybridized carbons (Fsp3) is 1.00. The maximum atomic E-state index is 9.42. The summed E-state index contributed by atoms with van der Waals surface area (Å²) in [5, 5.41) is 9.42. The zero-order valence-corrected chi connectivity index (χ0v) is 5.46. The summed E-state index contributed by atoms with van der Waals surface area (Å²) in [6.45, 7) is 0. The molecule has 0 aromatic heterocycles. The number of hydrogen-bond acceptors (Lipinski definition) is 1. The Morgan fingerprint density at radius 3 is 2.33 bits per heavy atom. The molecule has 9 heavy (non-hydrogen) atoms. The summed E-state index contributed by atoms with van der Waals surface area (Å²) in [6.07, 6.45) is 4.04. The summed E-state index contributed by atoms with van der Waals surface area (Å²) in [7, 11) is 0. The smallest absolute Gasteiger partial charge is 0.0574 e. The molecule has 3 aliphatic rings. The van der Waals surface area contributed by atoms with Gasteiger partial charge in [0, 0.05) is 0 Å². The van der Waals surface area contributed by atoms with Gasteiger partial charge in [-0.25, -0.2) is 0 Å². The number of aliphatic hydroxyl groups is 1. The van der Waals surface area contributed by atoms with Gasteiger partial charge in [0.25, 0.3) is 0 Å². The van der Waals surface area contributed by atoms with Crippen molar-refractivity contribution in [3.63, 3.8) is 0 Å². The SMILES string of the molecule is OC1C[C@H]2C[C@@H]1[C@@H]1C[C@H]21. The van der Waals surface area contributed by atoms with E-state index in [9.17, 15) is 5.11 Å². The molecule has 0 aromatic rings. The second kappa shape index (κ2) is 1.20. The fourth-order valence-corrected chi connectivity index (χ4v) is 3.17. The Morgan fingerprint density at radius 1 is 0.889 bits per heavy atom. The standard InChI is InChI=1S/C8H12O/c9-8-2-4-1-7(8)6-3-5(4)6/h4-9H,1-3H2/t4-,5-,6-,7-,8?/m1/s1. The van der Waals surface area contributed by atoms with Crippen molar-refractivity contribution < 1.29 is 5.11 Å². The first kappa shape index (κ1) is 4.73. The van der Waals surface area contributed by atoms with Crippen molar-refractivity contribution in [2.75, 3.05) is 0 Å². The molecule has 1 N–H and O–H groups in total. The van der Waals surface area contributed by atoms with Crippen molar-refractivity contribution in [3.8, 4) is 0 Å². The average molecular weight is 124 g/mol. The van der Waals surface area contributed by atoms with Crippen LogP contribution in [0.5, 0.6) is 0 Å². The summed E-state index contributed by atoms with van der Waals surface area (Å²) >= 11 is 0. The number of aliphatic hydroxyl groups excluding tert-OH is 1. The molecule has 0 heterocycles. The lowest BCUT2D eigenvalue weighted by Crippen LogP contribution is -2.17. The van der Waals surface area contributed by atoms with Gasteiger partial charge < -0.3 is 5.11 Å². The highest BCUT2D eigenvalue weighted by Crippen LogP contribution is 2.65. The molecule has 3 fully saturated rings. The van der Waals surface area contributed by atoms with Crippen LogP contribution in [0.25, 0.3) is 0 Å². The molecule has 0 aromatic carbocycles. The van der Waals surface area contributed by atoms with E-state index in [2.05, 4.69) is 0 Å². The van der Waals surface area contributed by atoms with Gasteiger partial charge in [0.2, 0.25) is 0 Å². The van der Waals surface area contributed by atoms with Gasteiger partial charge in [-0.3, -0.25) is 0 Å². The van der Waals surface area contributed by atoms with Gasteiger partial charge in [0.1, 0.15) is 0 Å². The number of fused-ring (bicyclic) bond motifs is 5. The van der Waals surface area contributed by atoms with E-state index in [0.29, 0.717) is 0 Å². The Hall–Kier alpha value is -0.0400. The molecule has 3 saturated carbocycles. The third kappa shape index (κ3) is 0.420. The quantitative estimate of drug-likeness (QED) is 0.511. The minimum atomic E-state index is 0.0961. The summed E-state index contributed by atoms with van der Waals surface area (Å²) in [5.74, 6) is 3.71. The molecule has 0 radical (unpaired) electrons. The first-order valence-corrected chi connectivity index (χ1v) is 4.04. The van der Waals surface area contributed by atoms with Crippen molar-refractivity contribution in [1.29, 1.82) is 0 Å². The zero-order chi connectivity index (χ0) is 6.01. The maximum Gasteiger partial charge on any atom is 0.0574 e. The second-order valence-electron chi connectivity index (χ2n) is 4.03. The lowest BCUT2D eigenvalue weighted by Gasteiger charge is -2.14. The zero-order valence-electron chi connectivity index (χ0n) is 5.46. The lowest BCUT2D eigenvalue weighted by atomic mass is 9.98. The molecule has 1 heteroatoms. The predicted octanol–water partition coefficient (Wildman–Crippen LogP) is 1.02. The summed E-state index contributed by atoms with van der Waals surface area (Å²) in [4.78, 5) is 0. The van der Waals surface area contributed by atoms with Gasteiger partial charge in [0.05, 0.1) is 6.10 Å². The van der Waals surface area contributed by atoms with Crippen molar-refractivity contribution in [3.05, 3.63) is 0 Å². The van der Waals surface area contributed by atoms with Crippen LogP contribution >= 0.6 is 0 Å². The molecule has 50 valence electrons. The van der Waals surface area contributed by atoms with E-state index in [4.69, 9.17) is 0 Å². The Morgan fingerprint density at radius 2 is 1.78 bits per heavy atom. The second-order valence-corrected chi connectivity index (χ2v) is 4.03. The third-order valence-corrected chi connectivity index (χ3v) is 3.66. The van der Waals surface area contributed by atoms with Crippen molar-refractivity contribution >= 4 is 0 Å². The van der Waals surface area contributed by atoms with Crippen molar-refractivity contribution in [2.45, 2.75) is 25.4 Å². The van der Waals surface area contributed by atoms with Gasteiger partial charge in [-0.05, 0) is 42.9 Å². The fourth-order valence-electron chi connectivity index (χ4n) is 3.17. The van der Waals surface area contributed by atoms with E-state index >= 15 is 0 Å². The number of hydrogen-bond donors (Lipinski definition) is 1. The molecule has 5 atom stereocenters. The Balaban J connectivity index is 1.96. The molecule has 1 unspecified atom stereocenters. The van der Waals surface area contributed by atoms with Crippen molar-refractivity contribution in [2.24, 2.45) is 23.7 Å². The maximum absolute atomic E-state index is 9.42. The van der Waals surface area contributed by atoms with Gasteiger partial charge in [-0.15, -0.1) is 0 Å². The van der Waals surface area contributed by atoms with E-state index in [1.165, 1.54) is 12.8 Å². The highest BCUT2D eigenvalue weighted by atomic mass is 16.3. The molecule has 3 aliphatic carbocycles. The largest absolute Gasteiger partial charge is 0.393 e. The van der Waals surface area contributed by atoms with E-state index < -0.39 is 0 Å². The van der Waals surface area contributed by atoms with E-state index in [-0.39, 0.29) is 6.10 Å². The number of rotatable bonds is 0. The summed E-state index contributed by atoms with van der Waals surface area (Å²) in [6, 6.07) is 0. The van der Waals surface area contributed by atoms with Crippen LogP contribution in [0, 0.1) is 23.7 Å². The molecule has 0 saturated heterocycles. The van der Waals surface area contributed by atoms with Crippen LogP contribution in [0.3, 0.4) is 0 Å². The first-order chi connectivity index (χ1) is 4.36. The Labute approximate surface area is 55.1 Å². The van der Waals surface area contributed by atoms with Crippen LogP contribution in [-0.4, -0.2) is 11.2 Å². The predicted molar refractivity (Wildman–Crippen MR) is 33.8 cm³/mol. The van der Waals surface area contributed by atoms with E-state index in [1.54, 1.807) is 0 Å². The van der Waals surface area contributed by atoms with E-state index in [0.717, 1.165) is 30.1 Å². The average Bonchev–Trinajstić information content (AvgIpc) is 2.46. The molecule has 3 rings (SSSR count). The van der Waals surface area contributed by atoms with Crippen LogP contribution in [0.4, 0.5) is 0 Å². The first-order valence-electron chi connectivity index (χ1n) is 4.04. The monoisotopic (exact) mass is 124 g/mol. The van der Waals surface area contributed by atoms with Gasteiger partial charge in [0.15, 0.2) is 0 Å². The molecule has 2 bridgehead atoms. The normalized spacial score (nSPS) is 68.3. The van der Waals surface area contributed by atoms with Gasteiger partial charge in [-0.2, -0.15) is 0 Å². The third-order valence-electron chi connectivity index (χ3n) is 3.66. The lowest BCUT2D eigenvalue weighted by molar-refractivity contribution is 0.107. The molecular formula is C8H12O. The minimum absolute atomic E-state index is 0.0961. The Kier molecular flexibility index (Phi) is 0.628. The Bertz CT molecular complexity index is 151. The van der Waals surface area contributed by atoms with Crippen LogP contribution in [0.2, 0.25) is 0 Å². The minimum Gasteiger partial charge on any atom is -0.393 e. The van der Waals surface area contributed by atoms with Crippen LogP contribution in [0.1, 0.15) is 19.3 Å². The van der Waals surface area contributed by atoms with Gasteiger partial charge >= 0.3 is 0 Å². The highest BCUT2D eigenvalue weighted by molar-refractivity contribution is 5.09. The summed E-state index contributed by atoms with van der Waals surface area (Å²) < 4.78 is 0. The van der Waals surface area contributed by atoms with Crippen LogP contribution < -0.4 is 0 Å². The molecule has 0 aliphatic heterocycles. The van der Waals surface area contributed by atoms with Crippen molar-refractivity contribution in [1.82, 2.24) is 0 Å². The molecule has 1 nitrogen and oxygen atoms in total. The van der Waals surface area contributed by atoms with Crippen LogP contribution in [0.15, 0.2) is 0 Å². The molecule has 0 spiro atoms. The van der Waals surface area contributed by atoms with E-state index in [1.807, 2.05) is 0 Å². The van der Waals surface area contributed by atoms with Gasteiger partial charge in [-0.1, -0.05) is 0 Å². The molecular weight excluding hydrogens is 112 g/mol. The highest BCUT2D eigenvalue weighted by Gasteiger charge is 2.60. The summed E-state index contributed by atoms with van der Waals surface area (Å²) in [5.41, 5.74) is 0. The van der Waals surface area contributed by atoms with Crippen LogP contribution in [-0.2, 0) is 0 Å². The molecule has 0 amide bonds.